The molecule has 1 aliphatic rings. The van der Waals surface area contributed by atoms with Gasteiger partial charge in [-0.15, -0.1) is 0 Å². The van der Waals surface area contributed by atoms with Crippen molar-refractivity contribution in [1.29, 1.82) is 0 Å². The second kappa shape index (κ2) is 3.95. The zero-order valence-corrected chi connectivity index (χ0v) is 12.2. The topological polar surface area (TPSA) is 20.7 Å². The van der Waals surface area contributed by atoms with Crippen molar-refractivity contribution >= 4 is 39.2 Å². The highest BCUT2D eigenvalue weighted by Gasteiger charge is 2.38. The van der Waals surface area contributed by atoms with Crippen LogP contribution in [0.1, 0.15) is 32.6 Å². The Labute approximate surface area is 114 Å². The fourth-order valence-corrected chi connectivity index (χ4v) is 3.64. The maximum absolute atomic E-state index is 5.50. The van der Waals surface area contributed by atoms with Gasteiger partial charge in [-0.25, -0.2) is 0 Å². The fraction of sp³-hybridized carbons (Fsp3) is 0.462. The Morgan fingerprint density at radius 2 is 2.24 bits per heavy atom. The SMILES string of the molecule is CCC1(n2c(=S)[nH]c3cc(Br)ccc32)CCC1. The number of hydrogen-bond donors (Lipinski definition) is 1. The summed E-state index contributed by atoms with van der Waals surface area (Å²) in [7, 11) is 0. The lowest BCUT2D eigenvalue weighted by atomic mass is 9.74. The van der Waals surface area contributed by atoms with Gasteiger partial charge in [-0.3, -0.25) is 0 Å². The molecular weight excluding hydrogens is 296 g/mol. The molecule has 0 radical (unpaired) electrons. The van der Waals surface area contributed by atoms with E-state index in [1.807, 2.05) is 0 Å². The summed E-state index contributed by atoms with van der Waals surface area (Å²) in [5.74, 6) is 0. The molecule has 0 bridgehead atoms. The van der Waals surface area contributed by atoms with Crippen LogP contribution in [0.25, 0.3) is 11.0 Å². The lowest BCUT2D eigenvalue weighted by Gasteiger charge is -2.43. The molecule has 0 unspecified atom stereocenters. The van der Waals surface area contributed by atoms with Crippen molar-refractivity contribution in [3.63, 3.8) is 0 Å². The average Bonchev–Trinajstić information content (AvgIpc) is 2.55. The van der Waals surface area contributed by atoms with E-state index in [4.69, 9.17) is 12.2 Å². The van der Waals surface area contributed by atoms with Crippen LogP contribution < -0.4 is 0 Å². The van der Waals surface area contributed by atoms with Gasteiger partial charge in [0.05, 0.1) is 11.0 Å². The Hall–Kier alpha value is -0.610. The minimum Gasteiger partial charge on any atom is -0.331 e. The number of nitrogens with one attached hydrogen (secondary N) is 1. The van der Waals surface area contributed by atoms with Crippen LogP contribution in [0.2, 0.25) is 0 Å². The minimum absolute atomic E-state index is 0.267. The van der Waals surface area contributed by atoms with Crippen LogP contribution in [0.4, 0.5) is 0 Å². The summed E-state index contributed by atoms with van der Waals surface area (Å²) in [5, 5.41) is 0. The number of nitrogens with zero attached hydrogens (tertiary/aromatic N) is 1. The molecule has 1 aromatic carbocycles. The van der Waals surface area contributed by atoms with Gasteiger partial charge in [-0.05, 0) is 56.1 Å². The summed E-state index contributed by atoms with van der Waals surface area (Å²) in [5.41, 5.74) is 2.63. The number of H-pyrrole nitrogens is 1. The molecule has 17 heavy (non-hydrogen) atoms. The molecule has 0 aliphatic heterocycles. The molecule has 0 atom stereocenters. The van der Waals surface area contributed by atoms with E-state index in [1.165, 1.54) is 24.8 Å². The van der Waals surface area contributed by atoms with Crippen molar-refractivity contribution in [1.82, 2.24) is 9.55 Å². The molecular formula is C13H15BrN2S. The Bertz CT molecular complexity index is 616. The predicted molar refractivity (Wildman–Crippen MR) is 76.9 cm³/mol. The van der Waals surface area contributed by atoms with Crippen LogP contribution in [-0.4, -0.2) is 9.55 Å². The number of benzene rings is 1. The number of aromatic nitrogens is 2. The molecule has 3 rings (SSSR count). The molecule has 2 aromatic rings. The number of imidazole rings is 1. The monoisotopic (exact) mass is 310 g/mol. The maximum Gasteiger partial charge on any atom is 0.178 e. The first-order chi connectivity index (χ1) is 8.16. The number of hydrogen-bond acceptors (Lipinski definition) is 1. The van der Waals surface area contributed by atoms with Crippen LogP contribution in [0.15, 0.2) is 22.7 Å². The number of fused-ring (bicyclic) bond motifs is 1. The van der Waals surface area contributed by atoms with Crippen LogP contribution in [0.3, 0.4) is 0 Å². The molecule has 1 fully saturated rings. The van der Waals surface area contributed by atoms with E-state index >= 15 is 0 Å². The highest BCUT2D eigenvalue weighted by molar-refractivity contribution is 9.10. The molecule has 0 amide bonds. The summed E-state index contributed by atoms with van der Waals surface area (Å²) in [6, 6.07) is 6.34. The molecule has 2 nitrogen and oxygen atoms in total. The molecule has 4 heteroatoms. The summed E-state index contributed by atoms with van der Waals surface area (Å²) >= 11 is 9.00. The zero-order valence-electron chi connectivity index (χ0n) is 9.79. The second-order valence-electron chi connectivity index (χ2n) is 4.86. The van der Waals surface area contributed by atoms with Gasteiger partial charge in [0.15, 0.2) is 4.77 Å². The van der Waals surface area contributed by atoms with Crippen molar-refractivity contribution in [2.45, 2.75) is 38.1 Å². The van der Waals surface area contributed by atoms with Crippen molar-refractivity contribution in [3.8, 4) is 0 Å². The number of halogens is 1. The summed E-state index contributed by atoms with van der Waals surface area (Å²) in [6.07, 6.45) is 4.98. The number of aromatic amines is 1. The van der Waals surface area contributed by atoms with E-state index in [1.54, 1.807) is 0 Å². The molecule has 1 aliphatic carbocycles. The fourth-order valence-electron chi connectivity index (χ4n) is 2.87. The van der Waals surface area contributed by atoms with Crippen molar-refractivity contribution < 1.29 is 0 Å². The van der Waals surface area contributed by atoms with Crippen LogP contribution in [0, 0.1) is 4.77 Å². The minimum atomic E-state index is 0.267. The first kappa shape index (κ1) is 11.5. The van der Waals surface area contributed by atoms with Crippen LogP contribution >= 0.6 is 28.1 Å². The van der Waals surface area contributed by atoms with Crippen molar-refractivity contribution in [2.75, 3.05) is 0 Å². The molecule has 0 spiro atoms. The summed E-state index contributed by atoms with van der Waals surface area (Å²) < 4.78 is 4.29. The second-order valence-corrected chi connectivity index (χ2v) is 6.16. The van der Waals surface area contributed by atoms with E-state index in [0.717, 1.165) is 21.2 Å². The van der Waals surface area contributed by atoms with Gasteiger partial charge in [-0.2, -0.15) is 0 Å². The van der Waals surface area contributed by atoms with Crippen molar-refractivity contribution in [2.24, 2.45) is 0 Å². The standard InChI is InChI=1S/C13H15BrN2S/c1-2-13(6-3-7-13)16-11-5-4-9(14)8-10(11)15-12(16)17/h4-5,8H,2-3,6-7H2,1H3,(H,15,17). The van der Waals surface area contributed by atoms with E-state index in [0.29, 0.717) is 0 Å². The van der Waals surface area contributed by atoms with Gasteiger partial charge in [0.2, 0.25) is 0 Å². The van der Waals surface area contributed by atoms with Crippen LogP contribution in [0.5, 0.6) is 0 Å². The average molecular weight is 311 g/mol. The Balaban J connectivity index is 2.29. The first-order valence-electron chi connectivity index (χ1n) is 6.07. The number of rotatable bonds is 2. The van der Waals surface area contributed by atoms with E-state index in [2.05, 4.69) is 50.6 Å². The highest BCUT2D eigenvalue weighted by atomic mass is 79.9. The third kappa shape index (κ3) is 1.61. The van der Waals surface area contributed by atoms with Crippen molar-refractivity contribution in [3.05, 3.63) is 27.4 Å². The van der Waals surface area contributed by atoms with Crippen LogP contribution in [-0.2, 0) is 5.54 Å². The van der Waals surface area contributed by atoms with E-state index in [-0.39, 0.29) is 5.54 Å². The molecule has 1 N–H and O–H groups in total. The lowest BCUT2D eigenvalue weighted by Crippen LogP contribution is -2.39. The molecule has 1 saturated carbocycles. The molecule has 1 heterocycles. The third-order valence-corrected chi connectivity index (χ3v) is 4.84. The maximum atomic E-state index is 5.50. The Kier molecular flexibility index (Phi) is 2.67. The normalized spacial score (nSPS) is 18.2. The quantitative estimate of drug-likeness (QED) is 0.794. The first-order valence-corrected chi connectivity index (χ1v) is 7.27. The van der Waals surface area contributed by atoms with Gasteiger partial charge in [0, 0.05) is 10.0 Å². The van der Waals surface area contributed by atoms with E-state index < -0.39 is 0 Å². The Morgan fingerprint density at radius 3 is 2.82 bits per heavy atom. The summed E-state index contributed by atoms with van der Waals surface area (Å²) in [4.78, 5) is 3.32. The van der Waals surface area contributed by atoms with Gasteiger partial charge in [0.1, 0.15) is 0 Å². The summed E-state index contributed by atoms with van der Waals surface area (Å²) in [6.45, 7) is 2.26. The molecule has 1 aromatic heterocycles. The lowest BCUT2D eigenvalue weighted by molar-refractivity contribution is 0.140. The molecule has 90 valence electrons. The van der Waals surface area contributed by atoms with Gasteiger partial charge in [0.25, 0.3) is 0 Å². The predicted octanol–water partition coefficient (Wildman–Crippen LogP) is 4.75. The highest BCUT2D eigenvalue weighted by Crippen LogP contribution is 2.44. The zero-order chi connectivity index (χ0) is 12.0. The third-order valence-electron chi connectivity index (χ3n) is 4.06. The van der Waals surface area contributed by atoms with Gasteiger partial charge >= 0.3 is 0 Å². The van der Waals surface area contributed by atoms with Gasteiger partial charge < -0.3 is 9.55 Å². The largest absolute Gasteiger partial charge is 0.331 e. The van der Waals surface area contributed by atoms with Gasteiger partial charge in [-0.1, -0.05) is 22.9 Å². The Morgan fingerprint density at radius 1 is 1.47 bits per heavy atom. The van der Waals surface area contributed by atoms with E-state index in [9.17, 15) is 0 Å². The molecule has 0 saturated heterocycles. The smallest absolute Gasteiger partial charge is 0.178 e.